The summed E-state index contributed by atoms with van der Waals surface area (Å²) in [5.74, 6) is 1.82. The van der Waals surface area contributed by atoms with Crippen molar-refractivity contribution in [3.8, 4) is 0 Å². The van der Waals surface area contributed by atoms with Crippen LogP contribution in [0.2, 0.25) is 0 Å². The number of nitrogens with zero attached hydrogens (tertiary/aromatic N) is 5. The largest absolute Gasteiger partial charge is 0.381 e. The predicted octanol–water partition coefficient (Wildman–Crippen LogP) is 1.45. The van der Waals surface area contributed by atoms with Crippen LogP contribution < -0.4 is 4.90 Å². The Balaban J connectivity index is 1.85. The number of rotatable bonds is 6. The first kappa shape index (κ1) is 15.8. The maximum absolute atomic E-state index is 5.48. The summed E-state index contributed by atoms with van der Waals surface area (Å²) < 4.78 is 15.4. The third-order valence-corrected chi connectivity index (χ3v) is 3.92. The summed E-state index contributed by atoms with van der Waals surface area (Å²) in [6.07, 6.45) is 0.985. The Kier molecular flexibility index (Phi) is 4.82. The van der Waals surface area contributed by atoms with Crippen LogP contribution in [-0.4, -0.2) is 47.7 Å². The van der Waals surface area contributed by atoms with Gasteiger partial charge in [-0.25, -0.2) is 14.6 Å². The van der Waals surface area contributed by atoms with Gasteiger partial charge < -0.3 is 14.4 Å². The van der Waals surface area contributed by atoms with E-state index < -0.39 is 0 Å². The van der Waals surface area contributed by atoms with Crippen molar-refractivity contribution in [3.05, 3.63) is 29.0 Å². The summed E-state index contributed by atoms with van der Waals surface area (Å²) in [5, 5.41) is 7.73. The zero-order chi connectivity index (χ0) is 16.2. The van der Waals surface area contributed by atoms with Crippen LogP contribution >= 0.6 is 0 Å². The third kappa shape index (κ3) is 3.65. The normalized spacial score (nSPS) is 17.6. The van der Waals surface area contributed by atoms with Crippen LogP contribution in [-0.2, 0) is 22.6 Å². The minimum atomic E-state index is 0.316. The van der Waals surface area contributed by atoms with Crippen LogP contribution in [0.4, 0.5) is 5.82 Å². The minimum Gasteiger partial charge on any atom is -0.381 e. The molecule has 3 rings (SSSR count). The van der Waals surface area contributed by atoms with E-state index in [2.05, 4.69) is 20.3 Å². The molecule has 124 valence electrons. The molecule has 1 unspecified atom stereocenters. The van der Waals surface area contributed by atoms with Gasteiger partial charge in [-0.2, -0.15) is 0 Å². The highest BCUT2D eigenvalue weighted by molar-refractivity contribution is 5.40. The van der Waals surface area contributed by atoms with Crippen LogP contribution in [0.15, 0.2) is 10.7 Å². The zero-order valence-electron chi connectivity index (χ0n) is 13.7. The fourth-order valence-corrected chi connectivity index (χ4v) is 2.57. The first-order valence-corrected chi connectivity index (χ1v) is 7.61. The molecule has 3 heterocycles. The fourth-order valence-electron chi connectivity index (χ4n) is 2.57. The molecule has 0 aromatic carbocycles. The quantitative estimate of drug-likeness (QED) is 0.791. The highest BCUT2D eigenvalue weighted by atomic mass is 16.6. The molecule has 1 saturated heterocycles. The molecular weight excluding hydrogens is 298 g/mol. The highest BCUT2D eigenvalue weighted by Gasteiger charge is 2.22. The zero-order valence-corrected chi connectivity index (χ0v) is 13.7. The second kappa shape index (κ2) is 7.01. The smallest absolute Gasteiger partial charge is 0.156 e. The van der Waals surface area contributed by atoms with Crippen molar-refractivity contribution >= 4 is 5.82 Å². The number of hydrogen-bond acceptors (Lipinski definition) is 8. The van der Waals surface area contributed by atoms with Crippen molar-refractivity contribution in [2.24, 2.45) is 0 Å². The standard InChI is InChI=1S/C15H21N5O3/c1-10-13(19-23-18-10)7-20(2)15-6-12(11-4-5-22-8-11)16-14(17-15)9-21-3/h6,11H,4-5,7-9H2,1-3H3. The average Bonchev–Trinajstić information content (AvgIpc) is 3.20. The molecule has 0 saturated carbocycles. The summed E-state index contributed by atoms with van der Waals surface area (Å²) in [4.78, 5) is 11.2. The fraction of sp³-hybridized carbons (Fsp3) is 0.600. The highest BCUT2D eigenvalue weighted by Crippen LogP contribution is 2.26. The molecule has 8 heteroatoms. The van der Waals surface area contributed by atoms with Gasteiger partial charge in [0.25, 0.3) is 0 Å². The predicted molar refractivity (Wildman–Crippen MR) is 82.1 cm³/mol. The van der Waals surface area contributed by atoms with E-state index >= 15 is 0 Å². The topological polar surface area (TPSA) is 86.4 Å². The van der Waals surface area contributed by atoms with Gasteiger partial charge in [-0.05, 0) is 13.3 Å². The van der Waals surface area contributed by atoms with Gasteiger partial charge in [0.1, 0.15) is 23.8 Å². The number of hydrogen-bond donors (Lipinski definition) is 0. The number of aryl methyl sites for hydroxylation is 1. The Morgan fingerprint density at radius 2 is 2.22 bits per heavy atom. The van der Waals surface area contributed by atoms with Crippen LogP contribution in [0.1, 0.15) is 35.2 Å². The summed E-state index contributed by atoms with van der Waals surface area (Å²) in [7, 11) is 3.60. The lowest BCUT2D eigenvalue weighted by Crippen LogP contribution is -2.20. The third-order valence-electron chi connectivity index (χ3n) is 3.92. The average molecular weight is 319 g/mol. The molecule has 0 radical (unpaired) electrons. The summed E-state index contributed by atoms with van der Waals surface area (Å²) >= 11 is 0. The summed E-state index contributed by atoms with van der Waals surface area (Å²) in [6.45, 7) is 4.31. The Bertz CT molecular complexity index is 654. The van der Waals surface area contributed by atoms with Crippen molar-refractivity contribution < 1.29 is 14.1 Å². The first-order chi connectivity index (χ1) is 11.2. The van der Waals surface area contributed by atoms with E-state index in [-0.39, 0.29) is 0 Å². The Morgan fingerprint density at radius 1 is 1.35 bits per heavy atom. The molecule has 8 nitrogen and oxygen atoms in total. The molecule has 2 aromatic heterocycles. The van der Waals surface area contributed by atoms with Gasteiger partial charge >= 0.3 is 0 Å². The summed E-state index contributed by atoms with van der Waals surface area (Å²) in [5.41, 5.74) is 2.58. The minimum absolute atomic E-state index is 0.316. The maximum atomic E-state index is 5.48. The Labute approximate surface area is 134 Å². The molecule has 0 spiro atoms. The summed E-state index contributed by atoms with van der Waals surface area (Å²) in [6, 6.07) is 2.02. The van der Waals surface area contributed by atoms with Crippen LogP contribution in [0, 0.1) is 6.92 Å². The number of aromatic nitrogens is 4. The second-order valence-corrected chi connectivity index (χ2v) is 5.71. The lowest BCUT2D eigenvalue weighted by atomic mass is 10.0. The SMILES string of the molecule is COCc1nc(C2CCOC2)cc(N(C)Cc2nonc2C)n1. The molecule has 0 aliphatic carbocycles. The first-order valence-electron chi connectivity index (χ1n) is 7.61. The van der Waals surface area contributed by atoms with Gasteiger partial charge in [0.05, 0.1) is 18.8 Å². The monoisotopic (exact) mass is 319 g/mol. The van der Waals surface area contributed by atoms with Gasteiger partial charge in [-0.3, -0.25) is 0 Å². The number of ether oxygens (including phenoxy) is 2. The van der Waals surface area contributed by atoms with E-state index in [1.54, 1.807) is 7.11 Å². The van der Waals surface area contributed by atoms with Gasteiger partial charge in [-0.1, -0.05) is 10.3 Å². The van der Waals surface area contributed by atoms with Gasteiger partial charge in [0, 0.05) is 32.7 Å². The van der Waals surface area contributed by atoms with E-state index in [1.807, 2.05) is 24.9 Å². The molecule has 1 aliphatic rings. The lowest BCUT2D eigenvalue weighted by Gasteiger charge is -2.19. The van der Waals surface area contributed by atoms with Crippen molar-refractivity contribution in [1.82, 2.24) is 20.3 Å². The Hall–Kier alpha value is -2.06. The molecule has 1 atom stereocenters. The van der Waals surface area contributed by atoms with E-state index in [1.165, 1.54) is 0 Å². The molecule has 0 bridgehead atoms. The van der Waals surface area contributed by atoms with Crippen LogP contribution in [0.3, 0.4) is 0 Å². The van der Waals surface area contributed by atoms with Crippen molar-refractivity contribution in [2.45, 2.75) is 32.4 Å². The number of anilines is 1. The van der Waals surface area contributed by atoms with E-state index in [0.717, 1.165) is 35.9 Å². The van der Waals surface area contributed by atoms with Crippen molar-refractivity contribution in [2.75, 3.05) is 32.3 Å². The van der Waals surface area contributed by atoms with Gasteiger partial charge in [-0.15, -0.1) is 0 Å². The van der Waals surface area contributed by atoms with Crippen LogP contribution in [0.25, 0.3) is 0 Å². The Morgan fingerprint density at radius 3 is 2.87 bits per heavy atom. The maximum Gasteiger partial charge on any atom is 0.156 e. The molecule has 2 aromatic rings. The van der Waals surface area contributed by atoms with E-state index in [9.17, 15) is 0 Å². The molecule has 1 fully saturated rings. The van der Waals surface area contributed by atoms with Gasteiger partial charge in [0.2, 0.25) is 0 Å². The molecule has 0 N–H and O–H groups in total. The molecule has 1 aliphatic heterocycles. The molecule has 23 heavy (non-hydrogen) atoms. The van der Waals surface area contributed by atoms with Gasteiger partial charge in [0.15, 0.2) is 5.82 Å². The lowest BCUT2D eigenvalue weighted by molar-refractivity contribution is 0.177. The molecular formula is C15H21N5O3. The van der Waals surface area contributed by atoms with Crippen molar-refractivity contribution in [3.63, 3.8) is 0 Å². The molecule has 0 amide bonds. The van der Waals surface area contributed by atoms with Crippen molar-refractivity contribution in [1.29, 1.82) is 0 Å². The second-order valence-electron chi connectivity index (χ2n) is 5.71. The van der Waals surface area contributed by atoms with E-state index in [4.69, 9.17) is 14.1 Å². The van der Waals surface area contributed by atoms with E-state index in [0.29, 0.717) is 31.5 Å². The number of methoxy groups -OCH3 is 1. The van der Waals surface area contributed by atoms with Crippen LogP contribution in [0.5, 0.6) is 0 Å².